The topological polar surface area (TPSA) is 42.7 Å². The highest BCUT2D eigenvalue weighted by Crippen LogP contribution is 2.20. The van der Waals surface area contributed by atoms with Crippen LogP contribution in [0.25, 0.3) is 0 Å². The Hall–Kier alpha value is -1.39. The van der Waals surface area contributed by atoms with Gasteiger partial charge in [0.25, 0.3) is 0 Å². The first-order valence-electron chi connectivity index (χ1n) is 5.93. The zero-order valence-corrected chi connectivity index (χ0v) is 11.5. The van der Waals surface area contributed by atoms with Gasteiger partial charge in [-0.25, -0.2) is 0 Å². The Balaban J connectivity index is 2.08. The van der Waals surface area contributed by atoms with E-state index in [0.29, 0.717) is 0 Å². The summed E-state index contributed by atoms with van der Waals surface area (Å²) in [6, 6.07) is 8.21. The highest BCUT2D eigenvalue weighted by molar-refractivity contribution is 6.30. The van der Waals surface area contributed by atoms with Gasteiger partial charge in [-0.2, -0.15) is 0 Å². The fraction of sp³-hybridized carbons (Fsp3) is 0.385. The lowest BCUT2D eigenvalue weighted by Crippen LogP contribution is -2.24. The summed E-state index contributed by atoms with van der Waals surface area (Å²) in [7, 11) is 1.94. The summed E-state index contributed by atoms with van der Waals surface area (Å²) in [5, 5.41) is 12.2. The molecule has 0 amide bonds. The average Bonchev–Trinajstić information content (AvgIpc) is 2.75. The Kier molecular flexibility index (Phi) is 3.99. The van der Waals surface area contributed by atoms with E-state index in [-0.39, 0.29) is 12.1 Å². The number of aryl methyl sites for hydroxylation is 1. The molecule has 0 aliphatic carbocycles. The van der Waals surface area contributed by atoms with Gasteiger partial charge >= 0.3 is 0 Å². The lowest BCUT2D eigenvalue weighted by molar-refractivity contribution is 0.466. The molecule has 0 saturated carbocycles. The van der Waals surface area contributed by atoms with Crippen molar-refractivity contribution in [1.29, 1.82) is 0 Å². The first-order chi connectivity index (χ1) is 8.58. The number of aromatic nitrogens is 3. The molecular formula is C13H17ClN4. The average molecular weight is 265 g/mol. The van der Waals surface area contributed by atoms with Crippen molar-refractivity contribution in [3.8, 4) is 0 Å². The van der Waals surface area contributed by atoms with Crippen molar-refractivity contribution < 1.29 is 0 Å². The third kappa shape index (κ3) is 2.89. The van der Waals surface area contributed by atoms with E-state index in [4.69, 9.17) is 11.6 Å². The summed E-state index contributed by atoms with van der Waals surface area (Å²) >= 11 is 6.00. The van der Waals surface area contributed by atoms with Crippen LogP contribution < -0.4 is 5.32 Å². The largest absolute Gasteiger partial charge is 0.319 e. The Labute approximate surface area is 112 Å². The Bertz CT molecular complexity index is 523. The predicted molar refractivity (Wildman–Crippen MR) is 72.4 cm³/mol. The van der Waals surface area contributed by atoms with Crippen LogP contribution in [0.1, 0.15) is 37.3 Å². The second kappa shape index (κ2) is 5.50. The van der Waals surface area contributed by atoms with Gasteiger partial charge in [-0.15, -0.1) is 10.2 Å². The summed E-state index contributed by atoms with van der Waals surface area (Å²) < 4.78 is 1.92. The molecule has 0 spiro atoms. The molecule has 0 aliphatic rings. The molecule has 2 aromatic rings. The monoisotopic (exact) mass is 264 g/mol. The number of hydrogen-bond donors (Lipinski definition) is 1. The SMILES string of the molecule is CC(NC(C)c1nncn1C)c1cccc(Cl)c1. The van der Waals surface area contributed by atoms with Crippen LogP contribution in [0.15, 0.2) is 30.6 Å². The fourth-order valence-corrected chi connectivity index (χ4v) is 2.20. The summed E-state index contributed by atoms with van der Waals surface area (Å²) in [4.78, 5) is 0. The zero-order valence-electron chi connectivity index (χ0n) is 10.8. The number of halogens is 1. The smallest absolute Gasteiger partial charge is 0.149 e. The van der Waals surface area contributed by atoms with Gasteiger partial charge in [0.15, 0.2) is 0 Å². The maximum Gasteiger partial charge on any atom is 0.149 e. The lowest BCUT2D eigenvalue weighted by atomic mass is 10.1. The maximum atomic E-state index is 6.00. The van der Waals surface area contributed by atoms with Crippen LogP contribution in [-0.4, -0.2) is 14.8 Å². The fourth-order valence-electron chi connectivity index (χ4n) is 2.01. The van der Waals surface area contributed by atoms with Gasteiger partial charge in [0.05, 0.1) is 6.04 Å². The minimum absolute atomic E-state index is 0.131. The molecule has 2 atom stereocenters. The summed E-state index contributed by atoms with van der Waals surface area (Å²) in [5.41, 5.74) is 1.16. The number of rotatable bonds is 4. The molecule has 4 nitrogen and oxygen atoms in total. The van der Waals surface area contributed by atoms with Crippen molar-refractivity contribution in [2.75, 3.05) is 0 Å². The van der Waals surface area contributed by atoms with Crippen molar-refractivity contribution in [2.45, 2.75) is 25.9 Å². The molecule has 0 fully saturated rings. The van der Waals surface area contributed by atoms with Crippen molar-refractivity contribution in [1.82, 2.24) is 20.1 Å². The van der Waals surface area contributed by atoms with Gasteiger partial charge in [-0.1, -0.05) is 23.7 Å². The Morgan fingerprint density at radius 3 is 2.67 bits per heavy atom. The minimum atomic E-state index is 0.131. The van der Waals surface area contributed by atoms with Crippen LogP contribution in [0.2, 0.25) is 5.02 Å². The molecule has 5 heteroatoms. The van der Waals surface area contributed by atoms with Crippen LogP contribution >= 0.6 is 11.6 Å². The molecule has 1 N–H and O–H groups in total. The molecule has 96 valence electrons. The molecule has 18 heavy (non-hydrogen) atoms. The third-order valence-electron chi connectivity index (χ3n) is 2.98. The zero-order chi connectivity index (χ0) is 13.1. The second-order valence-corrected chi connectivity index (χ2v) is 4.90. The number of benzene rings is 1. The van der Waals surface area contributed by atoms with Crippen molar-refractivity contribution >= 4 is 11.6 Å². The van der Waals surface area contributed by atoms with E-state index < -0.39 is 0 Å². The predicted octanol–water partition coefficient (Wildman–Crippen LogP) is 2.88. The van der Waals surface area contributed by atoms with E-state index in [1.165, 1.54) is 0 Å². The number of nitrogens with zero attached hydrogens (tertiary/aromatic N) is 3. The molecule has 0 bridgehead atoms. The minimum Gasteiger partial charge on any atom is -0.319 e. The van der Waals surface area contributed by atoms with Crippen LogP contribution in [0.5, 0.6) is 0 Å². The van der Waals surface area contributed by atoms with E-state index in [2.05, 4.69) is 35.4 Å². The van der Waals surface area contributed by atoms with Crippen LogP contribution in [0, 0.1) is 0 Å². The molecule has 2 unspecified atom stereocenters. The van der Waals surface area contributed by atoms with Crippen LogP contribution in [0.4, 0.5) is 0 Å². The van der Waals surface area contributed by atoms with Crippen molar-refractivity contribution in [2.24, 2.45) is 7.05 Å². The van der Waals surface area contributed by atoms with Gasteiger partial charge < -0.3 is 9.88 Å². The summed E-state index contributed by atoms with van der Waals surface area (Å²) in [5.74, 6) is 0.920. The molecule has 1 aromatic heterocycles. The van der Waals surface area contributed by atoms with E-state index in [0.717, 1.165) is 16.4 Å². The molecular weight excluding hydrogens is 248 g/mol. The summed E-state index contributed by atoms with van der Waals surface area (Å²) in [6.45, 7) is 4.18. The number of nitrogens with one attached hydrogen (secondary N) is 1. The van der Waals surface area contributed by atoms with E-state index in [1.54, 1.807) is 6.33 Å². The van der Waals surface area contributed by atoms with Gasteiger partial charge in [-0.05, 0) is 31.5 Å². The van der Waals surface area contributed by atoms with Gasteiger partial charge in [0.2, 0.25) is 0 Å². The first-order valence-corrected chi connectivity index (χ1v) is 6.31. The molecule has 0 aliphatic heterocycles. The highest BCUT2D eigenvalue weighted by atomic mass is 35.5. The normalized spacial score (nSPS) is 14.4. The Morgan fingerprint density at radius 1 is 1.28 bits per heavy atom. The van der Waals surface area contributed by atoms with Crippen LogP contribution in [0.3, 0.4) is 0 Å². The molecule has 1 aromatic carbocycles. The van der Waals surface area contributed by atoms with Gasteiger partial charge in [0.1, 0.15) is 12.2 Å². The quantitative estimate of drug-likeness (QED) is 0.923. The first kappa shape index (κ1) is 13.1. The lowest BCUT2D eigenvalue weighted by Gasteiger charge is -2.19. The van der Waals surface area contributed by atoms with E-state index in [1.807, 2.05) is 29.8 Å². The summed E-state index contributed by atoms with van der Waals surface area (Å²) in [6.07, 6.45) is 1.71. The van der Waals surface area contributed by atoms with E-state index in [9.17, 15) is 0 Å². The maximum absolute atomic E-state index is 6.00. The molecule has 0 radical (unpaired) electrons. The number of hydrogen-bond acceptors (Lipinski definition) is 3. The second-order valence-electron chi connectivity index (χ2n) is 4.47. The van der Waals surface area contributed by atoms with E-state index >= 15 is 0 Å². The Morgan fingerprint density at radius 2 is 2.06 bits per heavy atom. The molecule has 1 heterocycles. The van der Waals surface area contributed by atoms with Crippen molar-refractivity contribution in [3.63, 3.8) is 0 Å². The van der Waals surface area contributed by atoms with Crippen LogP contribution in [-0.2, 0) is 7.05 Å². The highest BCUT2D eigenvalue weighted by Gasteiger charge is 2.15. The van der Waals surface area contributed by atoms with Crippen molar-refractivity contribution in [3.05, 3.63) is 47.0 Å². The van der Waals surface area contributed by atoms with Gasteiger partial charge in [-0.3, -0.25) is 0 Å². The van der Waals surface area contributed by atoms with Gasteiger partial charge in [0, 0.05) is 18.1 Å². The molecule has 2 rings (SSSR count). The third-order valence-corrected chi connectivity index (χ3v) is 3.22. The molecule has 0 saturated heterocycles. The standard InChI is InChI=1S/C13H17ClN4/c1-9(11-5-4-6-12(14)7-11)16-10(2)13-17-15-8-18(13)3/h4-10,16H,1-3H3.